The van der Waals surface area contributed by atoms with E-state index in [9.17, 15) is 4.39 Å². The van der Waals surface area contributed by atoms with Crippen LogP contribution in [-0.4, -0.2) is 16.5 Å². The van der Waals surface area contributed by atoms with Gasteiger partial charge in [0.25, 0.3) is 0 Å². The minimum Gasteiger partial charge on any atom is -0.354 e. The summed E-state index contributed by atoms with van der Waals surface area (Å²) in [4.78, 5) is 7.93. The van der Waals surface area contributed by atoms with Gasteiger partial charge in [-0.3, -0.25) is 0 Å². The summed E-state index contributed by atoms with van der Waals surface area (Å²) in [6, 6.07) is 8.79. The highest BCUT2D eigenvalue weighted by Crippen LogP contribution is 2.19. The van der Waals surface area contributed by atoms with Crippen molar-refractivity contribution >= 4 is 17.5 Å². The number of halogens is 1. The summed E-state index contributed by atoms with van der Waals surface area (Å²) in [6.07, 6.45) is 2.04. The fraction of sp³-hybridized carbons (Fsp3) is 0.214. The molecular weight excluding hydrogens is 257 g/mol. The third-order valence-corrected chi connectivity index (χ3v) is 2.53. The number of rotatable bonds is 5. The predicted molar refractivity (Wildman–Crippen MR) is 75.2 cm³/mol. The maximum Gasteiger partial charge on any atom is 0.224 e. The van der Waals surface area contributed by atoms with Crippen LogP contribution in [0.3, 0.4) is 0 Å². The van der Waals surface area contributed by atoms with Gasteiger partial charge in [-0.25, -0.2) is 9.37 Å². The maximum absolute atomic E-state index is 13.7. The lowest BCUT2D eigenvalue weighted by molar-refractivity contribution is 0.619. The Kier molecular flexibility index (Phi) is 4.45. The van der Waals surface area contributed by atoms with Gasteiger partial charge in [-0.15, -0.1) is 0 Å². The summed E-state index contributed by atoms with van der Waals surface area (Å²) in [5, 5.41) is 14.7. The summed E-state index contributed by atoms with van der Waals surface area (Å²) in [6.45, 7) is 2.73. The first kappa shape index (κ1) is 13.7. The molecule has 6 heteroatoms. The Bertz CT molecular complexity index is 636. The number of nitrogens with one attached hydrogen (secondary N) is 2. The van der Waals surface area contributed by atoms with Crippen LogP contribution in [0.15, 0.2) is 30.5 Å². The molecule has 2 rings (SSSR count). The smallest absolute Gasteiger partial charge is 0.224 e. The number of hydrogen-bond acceptors (Lipinski definition) is 5. The summed E-state index contributed by atoms with van der Waals surface area (Å²) < 4.78 is 13.7. The summed E-state index contributed by atoms with van der Waals surface area (Å²) in [5.41, 5.74) is 1.09. The molecule has 1 aromatic carbocycles. The molecule has 0 amide bonds. The van der Waals surface area contributed by atoms with Crippen molar-refractivity contribution in [3.8, 4) is 6.07 Å². The van der Waals surface area contributed by atoms with Crippen molar-refractivity contribution in [1.82, 2.24) is 9.97 Å². The average Bonchev–Trinajstić information content (AvgIpc) is 2.48. The molecule has 0 spiro atoms. The van der Waals surface area contributed by atoms with E-state index in [0.29, 0.717) is 17.2 Å². The normalized spacial score (nSPS) is 9.85. The molecule has 0 aliphatic rings. The molecule has 0 saturated heterocycles. The van der Waals surface area contributed by atoms with Crippen LogP contribution in [0.5, 0.6) is 0 Å². The van der Waals surface area contributed by atoms with Crippen LogP contribution in [0.4, 0.5) is 21.8 Å². The van der Waals surface area contributed by atoms with Crippen LogP contribution in [0.2, 0.25) is 0 Å². The molecule has 20 heavy (non-hydrogen) atoms. The fourth-order valence-corrected chi connectivity index (χ4v) is 1.58. The van der Waals surface area contributed by atoms with E-state index in [1.165, 1.54) is 0 Å². The molecule has 5 nitrogen and oxygen atoms in total. The Balaban J connectivity index is 2.21. The van der Waals surface area contributed by atoms with Gasteiger partial charge in [0.05, 0.1) is 17.8 Å². The van der Waals surface area contributed by atoms with Crippen molar-refractivity contribution in [3.63, 3.8) is 0 Å². The minimum absolute atomic E-state index is 0.0775. The summed E-state index contributed by atoms with van der Waals surface area (Å²) in [7, 11) is 0. The minimum atomic E-state index is -0.547. The highest BCUT2D eigenvalue weighted by Gasteiger charge is 2.07. The third-order valence-electron chi connectivity index (χ3n) is 2.53. The second-order valence-electron chi connectivity index (χ2n) is 4.13. The lowest BCUT2D eigenvalue weighted by Crippen LogP contribution is -2.07. The number of anilines is 3. The lowest BCUT2D eigenvalue weighted by Gasteiger charge is -2.09. The number of aromatic nitrogens is 2. The molecule has 0 bridgehead atoms. The van der Waals surface area contributed by atoms with Crippen molar-refractivity contribution < 1.29 is 4.39 Å². The molecule has 0 atom stereocenters. The molecule has 0 saturated carbocycles. The molecule has 0 unspecified atom stereocenters. The molecule has 1 aromatic heterocycles. The highest BCUT2D eigenvalue weighted by atomic mass is 19.1. The monoisotopic (exact) mass is 271 g/mol. The standard InChI is InChI=1S/C14H14FN5/c1-2-6-17-14-18-9-12(15)13(20-14)19-11-5-3-4-10(7-11)8-16/h3-5,7,9H,2,6H2,1H3,(H2,17,18,19,20). The van der Waals surface area contributed by atoms with E-state index in [0.717, 1.165) is 19.2 Å². The zero-order valence-corrected chi connectivity index (χ0v) is 11.0. The van der Waals surface area contributed by atoms with Crippen molar-refractivity contribution in [2.24, 2.45) is 0 Å². The molecule has 0 aliphatic heterocycles. The maximum atomic E-state index is 13.7. The van der Waals surface area contributed by atoms with Crippen LogP contribution >= 0.6 is 0 Å². The van der Waals surface area contributed by atoms with E-state index in [2.05, 4.69) is 20.6 Å². The second-order valence-corrected chi connectivity index (χ2v) is 4.13. The molecule has 2 aromatic rings. The van der Waals surface area contributed by atoms with Crippen molar-refractivity contribution in [3.05, 3.63) is 41.8 Å². The van der Waals surface area contributed by atoms with E-state index in [1.807, 2.05) is 13.0 Å². The van der Waals surface area contributed by atoms with E-state index in [-0.39, 0.29) is 5.82 Å². The Morgan fingerprint density at radius 1 is 1.40 bits per heavy atom. The first-order chi connectivity index (χ1) is 9.72. The van der Waals surface area contributed by atoms with Crippen LogP contribution in [-0.2, 0) is 0 Å². The van der Waals surface area contributed by atoms with Crippen molar-refractivity contribution in [1.29, 1.82) is 5.26 Å². The zero-order chi connectivity index (χ0) is 14.4. The van der Waals surface area contributed by atoms with Gasteiger partial charge in [-0.05, 0) is 24.6 Å². The van der Waals surface area contributed by atoms with Gasteiger partial charge in [0.2, 0.25) is 5.95 Å². The first-order valence-electron chi connectivity index (χ1n) is 6.26. The van der Waals surface area contributed by atoms with Gasteiger partial charge >= 0.3 is 0 Å². The van der Waals surface area contributed by atoms with Gasteiger partial charge in [0.1, 0.15) is 0 Å². The summed E-state index contributed by atoms with van der Waals surface area (Å²) >= 11 is 0. The largest absolute Gasteiger partial charge is 0.354 e. The molecule has 0 radical (unpaired) electrons. The van der Waals surface area contributed by atoms with Gasteiger partial charge in [-0.1, -0.05) is 13.0 Å². The third kappa shape index (κ3) is 3.42. The molecule has 2 N–H and O–H groups in total. The SMILES string of the molecule is CCCNc1ncc(F)c(Nc2cccc(C#N)c2)n1. The van der Waals surface area contributed by atoms with E-state index < -0.39 is 5.82 Å². The first-order valence-corrected chi connectivity index (χ1v) is 6.26. The zero-order valence-electron chi connectivity index (χ0n) is 11.0. The topological polar surface area (TPSA) is 73.6 Å². The molecule has 102 valence electrons. The van der Waals surface area contributed by atoms with Gasteiger partial charge < -0.3 is 10.6 Å². The molecule has 0 aliphatic carbocycles. The molecule has 0 fully saturated rings. The Labute approximate surface area is 116 Å². The van der Waals surface area contributed by atoms with Crippen LogP contribution in [0, 0.1) is 17.1 Å². The quantitative estimate of drug-likeness (QED) is 0.874. The average molecular weight is 271 g/mol. The van der Waals surface area contributed by atoms with Crippen LogP contribution in [0.1, 0.15) is 18.9 Å². The highest BCUT2D eigenvalue weighted by molar-refractivity contribution is 5.59. The van der Waals surface area contributed by atoms with Crippen LogP contribution < -0.4 is 10.6 Å². The van der Waals surface area contributed by atoms with Crippen LogP contribution in [0.25, 0.3) is 0 Å². The number of benzene rings is 1. The van der Waals surface area contributed by atoms with E-state index in [1.54, 1.807) is 24.3 Å². The number of nitriles is 1. The lowest BCUT2D eigenvalue weighted by atomic mass is 10.2. The number of hydrogen-bond donors (Lipinski definition) is 2. The Morgan fingerprint density at radius 3 is 3.00 bits per heavy atom. The molecule has 1 heterocycles. The summed E-state index contributed by atoms with van der Waals surface area (Å²) in [5.74, 6) is -0.102. The van der Waals surface area contributed by atoms with Gasteiger partial charge in [0.15, 0.2) is 11.6 Å². The van der Waals surface area contributed by atoms with Crippen molar-refractivity contribution in [2.75, 3.05) is 17.2 Å². The van der Waals surface area contributed by atoms with Crippen molar-refractivity contribution in [2.45, 2.75) is 13.3 Å². The fourth-order valence-electron chi connectivity index (χ4n) is 1.58. The van der Waals surface area contributed by atoms with E-state index in [4.69, 9.17) is 5.26 Å². The van der Waals surface area contributed by atoms with E-state index >= 15 is 0 Å². The number of nitrogens with zero attached hydrogens (tertiary/aromatic N) is 3. The Hall–Kier alpha value is -2.68. The van der Waals surface area contributed by atoms with Gasteiger partial charge in [0, 0.05) is 12.2 Å². The molecular formula is C14H14FN5. The second kappa shape index (κ2) is 6.48. The predicted octanol–water partition coefficient (Wildman–Crippen LogP) is 3.05. The van der Waals surface area contributed by atoms with Gasteiger partial charge in [-0.2, -0.15) is 10.2 Å². The Morgan fingerprint density at radius 2 is 2.25 bits per heavy atom.